The number of hydrogen-bond acceptors (Lipinski definition) is 4. The first-order chi connectivity index (χ1) is 10.8. The Hall–Kier alpha value is -3.28. The predicted molar refractivity (Wildman–Crippen MR) is 80.8 cm³/mol. The summed E-state index contributed by atoms with van der Waals surface area (Å²) in [4.78, 5) is 15.1. The molecule has 0 radical (unpaired) electrons. The van der Waals surface area contributed by atoms with Crippen LogP contribution in [-0.2, 0) is 0 Å². The number of carbonyl (C=O) groups is 1. The summed E-state index contributed by atoms with van der Waals surface area (Å²) in [6.07, 6.45) is 1.81. The molecule has 3 aromatic rings. The summed E-state index contributed by atoms with van der Waals surface area (Å²) < 4.78 is 1.14. The van der Waals surface area contributed by atoms with Crippen molar-refractivity contribution < 1.29 is 9.49 Å². The molecular weight excluding hydrogens is 278 g/mol. The van der Waals surface area contributed by atoms with E-state index in [1.807, 2.05) is 48.7 Å². The molecule has 0 saturated carbocycles. The van der Waals surface area contributed by atoms with E-state index in [0.29, 0.717) is 5.69 Å². The van der Waals surface area contributed by atoms with Crippen molar-refractivity contribution in [1.29, 1.82) is 0 Å². The molecule has 0 spiro atoms. The molecule has 1 aliphatic rings. The second kappa shape index (κ2) is 6.45. The van der Waals surface area contributed by atoms with Crippen LogP contribution in [0.25, 0.3) is 10.9 Å². The van der Waals surface area contributed by atoms with Gasteiger partial charge in [-0.3, -0.25) is 4.98 Å². The maximum absolute atomic E-state index is 10.9. The van der Waals surface area contributed by atoms with Crippen LogP contribution >= 0.6 is 0 Å². The molecule has 2 amide bonds. The standard InChI is InChI=1S/C9H7N.C7H5N4O/c1-2-6-9-8(4-1)5-3-7-10-9;12-7-8-9-10-11(7)6-4-2-1-3-5-6/h1-7H;1-5H/q;+1. The Morgan fingerprint density at radius 1 is 0.818 bits per heavy atom. The Balaban J connectivity index is 0.000000133. The van der Waals surface area contributed by atoms with E-state index in [0.717, 1.165) is 10.2 Å². The minimum Gasteiger partial charge on any atom is -0.256 e. The first-order valence-electron chi connectivity index (χ1n) is 6.65. The Kier molecular flexibility index (Phi) is 4.01. The van der Waals surface area contributed by atoms with Crippen LogP contribution in [0.4, 0.5) is 10.5 Å². The lowest BCUT2D eigenvalue weighted by molar-refractivity contribution is -0.402. The molecule has 0 unspecified atom stereocenters. The normalized spacial score (nSPS) is 12.7. The van der Waals surface area contributed by atoms with Gasteiger partial charge in [-0.15, -0.1) is 0 Å². The number of rotatable bonds is 1. The zero-order valence-corrected chi connectivity index (χ0v) is 11.6. The molecule has 2 aromatic carbocycles. The third-order valence-corrected chi connectivity index (χ3v) is 2.95. The number of para-hydroxylation sites is 2. The average Bonchev–Trinajstić information content (AvgIpc) is 3.02. The third kappa shape index (κ3) is 3.06. The van der Waals surface area contributed by atoms with Gasteiger partial charge in [0.15, 0.2) is 5.11 Å². The highest BCUT2D eigenvalue weighted by Crippen LogP contribution is 2.15. The molecule has 6 heteroatoms. The second-order valence-electron chi connectivity index (χ2n) is 4.40. The molecule has 0 bridgehead atoms. The number of carbonyl (C=O) groups excluding carboxylic acids is 1. The van der Waals surface area contributed by atoms with Crippen molar-refractivity contribution in [3.63, 3.8) is 0 Å². The molecule has 1 aromatic heterocycles. The van der Waals surface area contributed by atoms with Crippen LogP contribution in [0.1, 0.15) is 0 Å². The van der Waals surface area contributed by atoms with Gasteiger partial charge in [0.25, 0.3) is 0 Å². The Morgan fingerprint density at radius 3 is 2.27 bits per heavy atom. The van der Waals surface area contributed by atoms with Gasteiger partial charge in [0.05, 0.1) is 5.52 Å². The largest absolute Gasteiger partial charge is 0.539 e. The lowest BCUT2D eigenvalue weighted by Gasteiger charge is -1.91. The molecule has 0 fully saturated rings. The maximum atomic E-state index is 10.9. The van der Waals surface area contributed by atoms with E-state index >= 15 is 0 Å². The van der Waals surface area contributed by atoms with E-state index in [2.05, 4.69) is 32.7 Å². The van der Waals surface area contributed by atoms with Gasteiger partial charge in [0.2, 0.25) is 5.22 Å². The van der Waals surface area contributed by atoms with Gasteiger partial charge >= 0.3 is 6.03 Å². The zero-order valence-electron chi connectivity index (χ0n) is 11.6. The van der Waals surface area contributed by atoms with Gasteiger partial charge in [-0.25, -0.2) is 4.79 Å². The fourth-order valence-corrected chi connectivity index (χ4v) is 1.93. The summed E-state index contributed by atoms with van der Waals surface area (Å²) in [7, 11) is 0. The molecule has 0 N–H and O–H groups in total. The molecule has 4 rings (SSSR count). The SMILES string of the molecule is O=C1N=NN=[N+]1c1ccccc1.c1ccc2ncccc2c1. The van der Waals surface area contributed by atoms with Crippen molar-refractivity contribution >= 4 is 22.6 Å². The highest BCUT2D eigenvalue weighted by molar-refractivity contribution is 5.77. The van der Waals surface area contributed by atoms with Crippen LogP contribution in [0.3, 0.4) is 0 Å². The average molecular weight is 290 g/mol. The summed E-state index contributed by atoms with van der Waals surface area (Å²) in [6, 6.07) is 20.6. The van der Waals surface area contributed by atoms with Gasteiger partial charge in [-0.05, 0) is 24.3 Å². The predicted octanol–water partition coefficient (Wildman–Crippen LogP) is 4.52. The number of urea groups is 1. The Bertz CT molecular complexity index is 793. The van der Waals surface area contributed by atoms with E-state index < -0.39 is 6.03 Å². The van der Waals surface area contributed by atoms with Crippen molar-refractivity contribution in [3.8, 4) is 0 Å². The van der Waals surface area contributed by atoms with Crippen LogP contribution < -0.4 is 0 Å². The number of hydrogen-bond donors (Lipinski definition) is 0. The topological polar surface area (TPSA) is 70.0 Å². The lowest BCUT2D eigenvalue weighted by Crippen LogP contribution is -2.04. The van der Waals surface area contributed by atoms with Crippen LogP contribution in [0.15, 0.2) is 88.5 Å². The lowest BCUT2D eigenvalue weighted by atomic mass is 10.2. The monoisotopic (exact) mass is 290 g/mol. The van der Waals surface area contributed by atoms with Gasteiger partial charge in [0.1, 0.15) is 10.9 Å². The summed E-state index contributed by atoms with van der Waals surface area (Å²) in [5.41, 5.74) is 1.73. The molecular formula is C16H12N5O+. The molecule has 0 saturated heterocycles. The number of pyridine rings is 1. The highest BCUT2D eigenvalue weighted by Gasteiger charge is 2.25. The Morgan fingerprint density at radius 2 is 1.55 bits per heavy atom. The van der Waals surface area contributed by atoms with Crippen molar-refractivity contribution in [2.45, 2.75) is 0 Å². The third-order valence-electron chi connectivity index (χ3n) is 2.95. The van der Waals surface area contributed by atoms with E-state index in [-0.39, 0.29) is 0 Å². The van der Waals surface area contributed by atoms with Gasteiger partial charge in [0, 0.05) is 11.6 Å². The van der Waals surface area contributed by atoms with Gasteiger partial charge in [-0.2, -0.15) is 0 Å². The molecule has 2 heterocycles. The zero-order chi connectivity index (χ0) is 15.2. The number of fused-ring (bicyclic) bond motifs is 1. The molecule has 0 atom stereocenters. The fraction of sp³-hybridized carbons (Fsp3) is 0. The summed E-state index contributed by atoms with van der Waals surface area (Å²) >= 11 is 0. The fourth-order valence-electron chi connectivity index (χ4n) is 1.93. The van der Waals surface area contributed by atoms with Crippen LogP contribution in [-0.4, -0.2) is 15.7 Å². The second-order valence-corrected chi connectivity index (χ2v) is 4.40. The summed E-state index contributed by atoms with van der Waals surface area (Å²) in [6.45, 7) is 0. The van der Waals surface area contributed by atoms with Gasteiger partial charge in [-0.1, -0.05) is 47.2 Å². The summed E-state index contributed by atoms with van der Waals surface area (Å²) in [5.74, 6) is 0. The molecule has 1 aliphatic heterocycles. The number of benzene rings is 2. The van der Waals surface area contributed by atoms with E-state index in [9.17, 15) is 4.79 Å². The van der Waals surface area contributed by atoms with Crippen molar-refractivity contribution in [1.82, 2.24) is 4.98 Å². The highest BCUT2D eigenvalue weighted by atomic mass is 16.2. The first-order valence-corrected chi connectivity index (χ1v) is 6.65. The molecule has 22 heavy (non-hydrogen) atoms. The number of amides is 2. The smallest absolute Gasteiger partial charge is 0.256 e. The van der Waals surface area contributed by atoms with E-state index in [1.54, 1.807) is 12.1 Å². The number of aromatic nitrogens is 1. The van der Waals surface area contributed by atoms with Gasteiger partial charge < -0.3 is 0 Å². The maximum Gasteiger partial charge on any atom is 0.539 e. The molecule has 0 aliphatic carbocycles. The first kappa shape index (κ1) is 13.7. The summed E-state index contributed by atoms with van der Waals surface area (Å²) in [5, 5.41) is 11.2. The van der Waals surface area contributed by atoms with Crippen molar-refractivity contribution in [2.24, 2.45) is 15.6 Å². The van der Waals surface area contributed by atoms with Crippen LogP contribution in [0.2, 0.25) is 0 Å². The van der Waals surface area contributed by atoms with Crippen LogP contribution in [0.5, 0.6) is 0 Å². The van der Waals surface area contributed by atoms with Crippen molar-refractivity contribution in [2.75, 3.05) is 0 Å². The quantitative estimate of drug-likeness (QED) is 0.618. The Labute approximate surface area is 126 Å². The van der Waals surface area contributed by atoms with Crippen molar-refractivity contribution in [3.05, 3.63) is 72.9 Å². The van der Waals surface area contributed by atoms with E-state index in [1.165, 1.54) is 5.39 Å². The van der Waals surface area contributed by atoms with Crippen LogP contribution in [0, 0.1) is 0 Å². The molecule has 106 valence electrons. The minimum absolute atomic E-state index is 0.457. The number of nitrogens with zero attached hydrogens (tertiary/aromatic N) is 5. The minimum atomic E-state index is -0.457. The van der Waals surface area contributed by atoms with E-state index in [4.69, 9.17) is 0 Å². The molecule has 6 nitrogen and oxygen atoms in total.